The van der Waals surface area contributed by atoms with Gasteiger partial charge in [-0.1, -0.05) is 29.3 Å². The summed E-state index contributed by atoms with van der Waals surface area (Å²) in [5, 5.41) is 3.53. The number of hydrogen-bond acceptors (Lipinski definition) is 2. The van der Waals surface area contributed by atoms with Crippen molar-refractivity contribution in [2.75, 3.05) is 5.32 Å². The van der Waals surface area contributed by atoms with Crippen LogP contribution in [0.25, 0.3) is 0 Å². The van der Waals surface area contributed by atoms with E-state index in [-0.39, 0.29) is 18.1 Å². The van der Waals surface area contributed by atoms with Crippen molar-refractivity contribution >= 4 is 34.8 Å². The van der Waals surface area contributed by atoms with Crippen LogP contribution >= 0.6 is 23.2 Å². The first-order valence-electron chi connectivity index (χ1n) is 6.22. The molecule has 0 saturated carbocycles. The minimum Gasteiger partial charge on any atom is -0.435 e. The quantitative estimate of drug-likeness (QED) is 0.847. The Hall–Kier alpha value is -1.85. The van der Waals surface area contributed by atoms with Crippen molar-refractivity contribution in [1.82, 2.24) is 0 Å². The molecule has 0 aliphatic carbocycles. The fraction of sp³-hybridized carbons (Fsp3) is 0.133. The molecule has 2 aromatic rings. The van der Waals surface area contributed by atoms with Crippen LogP contribution in [0, 0.1) is 0 Å². The Morgan fingerprint density at radius 2 is 1.82 bits per heavy atom. The molecule has 2 rings (SSSR count). The summed E-state index contributed by atoms with van der Waals surface area (Å²) in [5.41, 5.74) is 1.11. The fourth-order valence-corrected chi connectivity index (χ4v) is 2.24. The summed E-state index contributed by atoms with van der Waals surface area (Å²) < 4.78 is 28.3. The molecule has 0 aliphatic heterocycles. The molecule has 0 aliphatic rings. The van der Waals surface area contributed by atoms with Crippen LogP contribution in [0.1, 0.15) is 5.56 Å². The van der Waals surface area contributed by atoms with Crippen LogP contribution in [-0.4, -0.2) is 12.5 Å². The fourth-order valence-electron chi connectivity index (χ4n) is 1.76. The number of rotatable bonds is 5. The lowest BCUT2D eigenvalue weighted by Gasteiger charge is -2.08. The van der Waals surface area contributed by atoms with E-state index in [1.165, 1.54) is 24.3 Å². The molecule has 0 unspecified atom stereocenters. The Balaban J connectivity index is 1.97. The van der Waals surface area contributed by atoms with Crippen molar-refractivity contribution in [2.45, 2.75) is 13.0 Å². The smallest absolute Gasteiger partial charge is 0.387 e. The lowest BCUT2D eigenvalue weighted by Crippen LogP contribution is -2.14. The van der Waals surface area contributed by atoms with Crippen molar-refractivity contribution in [2.24, 2.45) is 0 Å². The van der Waals surface area contributed by atoms with E-state index in [0.717, 1.165) is 0 Å². The molecule has 7 heteroatoms. The molecule has 1 N–H and O–H groups in total. The third-order valence-electron chi connectivity index (χ3n) is 2.73. The van der Waals surface area contributed by atoms with E-state index in [0.29, 0.717) is 21.3 Å². The molecule has 0 radical (unpaired) electrons. The third kappa shape index (κ3) is 4.86. The second kappa shape index (κ2) is 7.42. The van der Waals surface area contributed by atoms with Gasteiger partial charge >= 0.3 is 6.61 Å². The van der Waals surface area contributed by atoms with E-state index in [1.807, 2.05) is 0 Å². The summed E-state index contributed by atoms with van der Waals surface area (Å²) in [7, 11) is 0. The van der Waals surface area contributed by atoms with Gasteiger partial charge in [0.05, 0.1) is 6.42 Å². The van der Waals surface area contributed by atoms with Crippen LogP contribution in [-0.2, 0) is 11.2 Å². The highest BCUT2D eigenvalue weighted by Crippen LogP contribution is 2.22. The molecule has 0 saturated heterocycles. The first kappa shape index (κ1) is 16.5. The first-order chi connectivity index (χ1) is 10.4. The van der Waals surface area contributed by atoms with E-state index in [4.69, 9.17) is 23.2 Å². The Morgan fingerprint density at radius 3 is 2.41 bits per heavy atom. The molecule has 3 nitrogen and oxygen atoms in total. The number of carbonyl (C=O) groups excluding carboxylic acids is 1. The number of ether oxygens (including phenoxy) is 1. The van der Waals surface area contributed by atoms with Gasteiger partial charge in [-0.05, 0) is 42.0 Å². The Labute approximate surface area is 135 Å². The molecule has 2 aromatic carbocycles. The van der Waals surface area contributed by atoms with Gasteiger partial charge in [0, 0.05) is 15.7 Å². The average Bonchev–Trinajstić information content (AvgIpc) is 2.43. The van der Waals surface area contributed by atoms with Crippen molar-refractivity contribution in [3.63, 3.8) is 0 Å². The van der Waals surface area contributed by atoms with Gasteiger partial charge in [-0.3, -0.25) is 4.79 Å². The maximum absolute atomic E-state index is 12.0. The van der Waals surface area contributed by atoms with Crippen LogP contribution in [0.15, 0.2) is 42.5 Å². The maximum atomic E-state index is 12.0. The maximum Gasteiger partial charge on any atom is 0.387 e. The molecule has 0 bridgehead atoms. The highest BCUT2D eigenvalue weighted by atomic mass is 35.5. The van der Waals surface area contributed by atoms with E-state index >= 15 is 0 Å². The van der Waals surface area contributed by atoms with E-state index in [1.54, 1.807) is 18.2 Å². The number of nitrogens with one attached hydrogen (secondary N) is 1. The van der Waals surface area contributed by atoms with Gasteiger partial charge in [-0.25, -0.2) is 0 Å². The average molecular weight is 346 g/mol. The molecule has 0 atom stereocenters. The number of benzene rings is 2. The second-order valence-corrected chi connectivity index (χ2v) is 5.21. The number of halogens is 4. The van der Waals surface area contributed by atoms with Gasteiger partial charge in [0.1, 0.15) is 5.75 Å². The van der Waals surface area contributed by atoms with Gasteiger partial charge < -0.3 is 10.1 Å². The predicted molar refractivity (Wildman–Crippen MR) is 81.9 cm³/mol. The molecule has 1 amide bonds. The Bertz CT molecular complexity index is 663. The third-order valence-corrected chi connectivity index (χ3v) is 3.32. The number of hydrogen-bond donors (Lipinski definition) is 1. The minimum absolute atomic E-state index is 0.0220. The molecule has 116 valence electrons. The van der Waals surface area contributed by atoms with Crippen LogP contribution < -0.4 is 10.1 Å². The number of alkyl halides is 2. The Kier molecular flexibility index (Phi) is 5.57. The number of anilines is 1. The SMILES string of the molecule is O=C(Cc1ccc(Cl)cc1Cl)Nc1ccc(OC(F)F)cc1. The number of amides is 1. The van der Waals surface area contributed by atoms with Crippen LogP contribution in [0.5, 0.6) is 5.75 Å². The van der Waals surface area contributed by atoms with Crippen LogP contribution in [0.3, 0.4) is 0 Å². The summed E-state index contributed by atoms with van der Waals surface area (Å²) in [6.07, 6.45) is 0.0747. The van der Waals surface area contributed by atoms with Crippen molar-refractivity contribution < 1.29 is 18.3 Å². The standard InChI is InChI=1S/C15H11Cl2F2NO2/c16-10-2-1-9(13(17)8-10)7-14(21)20-11-3-5-12(6-4-11)22-15(18)19/h1-6,8,15H,7H2,(H,20,21). The molecule has 22 heavy (non-hydrogen) atoms. The Morgan fingerprint density at radius 1 is 1.14 bits per heavy atom. The van der Waals surface area contributed by atoms with E-state index in [9.17, 15) is 13.6 Å². The second-order valence-electron chi connectivity index (χ2n) is 4.36. The largest absolute Gasteiger partial charge is 0.435 e. The summed E-state index contributed by atoms with van der Waals surface area (Å²) in [4.78, 5) is 11.9. The minimum atomic E-state index is -2.88. The summed E-state index contributed by atoms with van der Waals surface area (Å²) in [5.74, 6) is -0.263. The zero-order chi connectivity index (χ0) is 16.1. The van der Waals surface area contributed by atoms with Gasteiger partial charge in [-0.15, -0.1) is 0 Å². The van der Waals surface area contributed by atoms with Crippen LogP contribution in [0.4, 0.5) is 14.5 Å². The lowest BCUT2D eigenvalue weighted by molar-refractivity contribution is -0.115. The molecule has 0 aromatic heterocycles. The van der Waals surface area contributed by atoms with Gasteiger partial charge in [0.15, 0.2) is 0 Å². The zero-order valence-electron chi connectivity index (χ0n) is 11.2. The van der Waals surface area contributed by atoms with Gasteiger partial charge in [0.25, 0.3) is 0 Å². The predicted octanol–water partition coefficient (Wildman–Crippen LogP) is 4.78. The van der Waals surface area contributed by atoms with E-state index < -0.39 is 6.61 Å². The van der Waals surface area contributed by atoms with Crippen molar-refractivity contribution in [3.8, 4) is 5.75 Å². The zero-order valence-corrected chi connectivity index (χ0v) is 12.7. The van der Waals surface area contributed by atoms with Crippen LogP contribution in [0.2, 0.25) is 10.0 Å². The van der Waals surface area contributed by atoms with Gasteiger partial charge in [-0.2, -0.15) is 8.78 Å². The summed E-state index contributed by atoms with van der Waals surface area (Å²) in [6.45, 7) is -2.88. The number of carbonyl (C=O) groups is 1. The van der Waals surface area contributed by atoms with Crippen molar-refractivity contribution in [1.29, 1.82) is 0 Å². The molecular formula is C15H11Cl2F2NO2. The summed E-state index contributed by atoms with van der Waals surface area (Å²) in [6, 6.07) is 10.5. The normalized spacial score (nSPS) is 10.6. The highest BCUT2D eigenvalue weighted by Gasteiger charge is 2.09. The molecule has 0 fully saturated rings. The lowest BCUT2D eigenvalue weighted by atomic mass is 10.1. The molecule has 0 heterocycles. The summed E-state index contributed by atoms with van der Waals surface area (Å²) >= 11 is 11.8. The monoisotopic (exact) mass is 345 g/mol. The molecule has 0 spiro atoms. The highest BCUT2D eigenvalue weighted by molar-refractivity contribution is 6.35. The topological polar surface area (TPSA) is 38.3 Å². The van der Waals surface area contributed by atoms with E-state index in [2.05, 4.69) is 10.1 Å². The van der Waals surface area contributed by atoms with Gasteiger partial charge in [0.2, 0.25) is 5.91 Å². The molecular weight excluding hydrogens is 335 g/mol. The van der Waals surface area contributed by atoms with Crippen molar-refractivity contribution in [3.05, 3.63) is 58.1 Å². The first-order valence-corrected chi connectivity index (χ1v) is 6.98.